The maximum absolute atomic E-state index is 13.4. The molecule has 0 aliphatic carbocycles. The number of hydrogen-bond acceptors (Lipinski definition) is 8. The van der Waals surface area contributed by atoms with Crippen molar-refractivity contribution in [3.05, 3.63) is 84.1 Å². The molecule has 260 valence electrons. The first-order chi connectivity index (χ1) is 23.8. The summed E-state index contributed by atoms with van der Waals surface area (Å²) in [5, 5.41) is 11.1. The Morgan fingerprint density at radius 3 is 2.57 bits per heavy atom. The fraction of sp³-hybridized carbons (Fsp3) is 0.421. The molecule has 0 saturated carbocycles. The van der Waals surface area contributed by atoms with Gasteiger partial charge in [-0.05, 0) is 97.4 Å². The van der Waals surface area contributed by atoms with Crippen molar-refractivity contribution >= 4 is 34.7 Å². The Labute approximate surface area is 293 Å². The normalized spacial score (nSPS) is 15.4. The van der Waals surface area contributed by atoms with Gasteiger partial charge in [-0.2, -0.15) is 0 Å². The van der Waals surface area contributed by atoms with Crippen LogP contribution in [0.5, 0.6) is 5.75 Å². The highest BCUT2D eigenvalue weighted by molar-refractivity contribution is 7.90. The van der Waals surface area contributed by atoms with Gasteiger partial charge in [-0.3, -0.25) is 4.79 Å². The lowest BCUT2D eigenvalue weighted by atomic mass is 10.0. The van der Waals surface area contributed by atoms with Crippen LogP contribution in [0.1, 0.15) is 64.8 Å². The molecule has 2 unspecified atom stereocenters. The molecule has 49 heavy (non-hydrogen) atoms. The minimum Gasteiger partial charge on any atom is -0.611 e. The van der Waals surface area contributed by atoms with E-state index in [4.69, 9.17) is 14.5 Å². The van der Waals surface area contributed by atoms with Crippen molar-refractivity contribution in [1.29, 1.82) is 0 Å². The molecule has 0 spiro atoms. The Hall–Kier alpha value is -4.19. The summed E-state index contributed by atoms with van der Waals surface area (Å²) < 4.78 is 26.4. The van der Waals surface area contributed by atoms with Crippen molar-refractivity contribution in [2.45, 2.75) is 70.6 Å². The summed E-state index contributed by atoms with van der Waals surface area (Å²) >= 11 is -1.28. The molecule has 1 N–H and O–H groups in total. The van der Waals surface area contributed by atoms with Crippen LogP contribution in [0, 0.1) is 5.92 Å². The highest BCUT2D eigenvalue weighted by Gasteiger charge is 2.23. The van der Waals surface area contributed by atoms with Gasteiger partial charge in [-0.15, -0.1) is 10.2 Å². The number of benzene rings is 2. The van der Waals surface area contributed by atoms with Crippen LogP contribution < -0.4 is 15.0 Å². The Balaban J connectivity index is 1.26. The highest BCUT2D eigenvalue weighted by atomic mass is 32.2. The van der Waals surface area contributed by atoms with Gasteiger partial charge in [0.1, 0.15) is 24.5 Å². The smallest absolute Gasteiger partial charge is 0.251 e. The van der Waals surface area contributed by atoms with Gasteiger partial charge in [-0.1, -0.05) is 39.3 Å². The number of nitrogens with zero attached hydrogens (tertiary/aromatic N) is 5. The number of ether oxygens (including phenoxy) is 2. The lowest BCUT2D eigenvalue weighted by Gasteiger charge is -2.20. The maximum atomic E-state index is 13.4. The Kier molecular flexibility index (Phi) is 13.3. The van der Waals surface area contributed by atoms with Crippen LogP contribution in [0.4, 0.5) is 11.5 Å². The summed E-state index contributed by atoms with van der Waals surface area (Å²) in [7, 11) is 0. The van der Waals surface area contributed by atoms with Crippen molar-refractivity contribution in [3.63, 3.8) is 0 Å². The molecule has 2 atom stereocenters. The summed E-state index contributed by atoms with van der Waals surface area (Å²) in [5.74, 6) is 3.02. The van der Waals surface area contributed by atoms with E-state index in [-0.39, 0.29) is 11.7 Å². The zero-order valence-corrected chi connectivity index (χ0v) is 29.9. The molecular formula is C38H48N6O4S. The molecule has 1 aliphatic heterocycles. The van der Waals surface area contributed by atoms with Crippen LogP contribution in [-0.4, -0.2) is 63.1 Å². The first-order valence-electron chi connectivity index (χ1n) is 17.2. The van der Waals surface area contributed by atoms with Crippen molar-refractivity contribution in [2.24, 2.45) is 5.92 Å². The molecule has 10 nitrogen and oxygen atoms in total. The predicted octanol–water partition coefficient (Wildman–Crippen LogP) is 7.14. The number of unbranched alkanes of at least 4 members (excludes halogenated alkanes) is 1. The molecule has 0 bridgehead atoms. The Morgan fingerprint density at radius 1 is 1.06 bits per heavy atom. The van der Waals surface area contributed by atoms with Crippen LogP contribution in [0.25, 0.3) is 17.2 Å². The second-order valence-electron chi connectivity index (χ2n) is 12.6. The van der Waals surface area contributed by atoms with E-state index in [2.05, 4.69) is 47.3 Å². The van der Waals surface area contributed by atoms with Crippen LogP contribution in [0.15, 0.2) is 77.6 Å². The number of carbonyl (C=O) groups is 1. The molecule has 2 aromatic carbocycles. The summed E-state index contributed by atoms with van der Waals surface area (Å²) in [6.07, 6.45) is 9.72. The van der Waals surface area contributed by atoms with Gasteiger partial charge >= 0.3 is 0 Å². The summed E-state index contributed by atoms with van der Waals surface area (Å²) in [5.41, 5.74) is 4.05. The molecule has 3 heterocycles. The van der Waals surface area contributed by atoms with Crippen LogP contribution in [0.2, 0.25) is 0 Å². The monoisotopic (exact) mass is 684 g/mol. The van der Waals surface area contributed by atoms with Crippen LogP contribution in [-0.2, 0) is 33.0 Å². The number of amides is 1. The fourth-order valence-corrected chi connectivity index (χ4v) is 6.74. The quantitative estimate of drug-likeness (QED) is 0.0709. The van der Waals surface area contributed by atoms with E-state index in [1.54, 1.807) is 30.6 Å². The number of hydrogen-bond donors (Lipinski definition) is 1. The van der Waals surface area contributed by atoms with Gasteiger partial charge in [0.05, 0.1) is 6.61 Å². The largest absolute Gasteiger partial charge is 0.611 e. The summed E-state index contributed by atoms with van der Waals surface area (Å²) in [4.78, 5) is 21.2. The topological polar surface area (TPSA) is 117 Å². The lowest BCUT2D eigenvalue weighted by Crippen LogP contribution is -2.21. The molecule has 2 aromatic heterocycles. The minimum atomic E-state index is -1.28. The molecule has 1 amide bonds. The SMILES string of the molecule is CCCCOCCOc1ccc(-c2cnc(N3CCC(C)C3)c(C=C(C)C(=O)Nc3ccc([S+]([O-])Cc4nncn4CCC)cc3)c2)cc1. The number of aryl methyl sites for hydroxylation is 1. The number of aromatic nitrogens is 4. The van der Waals surface area contributed by atoms with Crippen molar-refractivity contribution < 1.29 is 18.8 Å². The lowest BCUT2D eigenvalue weighted by molar-refractivity contribution is -0.112. The molecule has 4 aromatic rings. The minimum absolute atomic E-state index is 0.215. The van der Waals surface area contributed by atoms with E-state index in [1.807, 2.05) is 48.0 Å². The first kappa shape index (κ1) is 36.1. The molecule has 11 heteroatoms. The second kappa shape index (κ2) is 18.0. The molecule has 1 fully saturated rings. The first-order valence-corrected chi connectivity index (χ1v) is 18.6. The third-order valence-corrected chi connectivity index (χ3v) is 9.79. The molecular weight excluding hydrogens is 637 g/mol. The van der Waals surface area contributed by atoms with E-state index in [9.17, 15) is 9.35 Å². The number of pyridine rings is 1. The maximum Gasteiger partial charge on any atom is 0.251 e. The van der Waals surface area contributed by atoms with E-state index < -0.39 is 11.2 Å². The van der Waals surface area contributed by atoms with Gasteiger partial charge in [-0.25, -0.2) is 4.98 Å². The van der Waals surface area contributed by atoms with Gasteiger partial charge in [0.15, 0.2) is 16.5 Å². The number of anilines is 2. The number of nitrogens with one attached hydrogen (secondary N) is 1. The third-order valence-electron chi connectivity index (χ3n) is 8.47. The van der Waals surface area contributed by atoms with Crippen molar-refractivity contribution in [3.8, 4) is 16.9 Å². The van der Waals surface area contributed by atoms with E-state index >= 15 is 0 Å². The fourth-order valence-electron chi connectivity index (χ4n) is 5.68. The third kappa shape index (κ3) is 10.2. The second-order valence-corrected chi connectivity index (χ2v) is 14.0. The predicted molar refractivity (Wildman–Crippen MR) is 196 cm³/mol. The average molecular weight is 685 g/mol. The van der Waals surface area contributed by atoms with E-state index in [0.717, 1.165) is 80.2 Å². The van der Waals surface area contributed by atoms with Crippen molar-refractivity contribution in [2.75, 3.05) is 43.1 Å². The Morgan fingerprint density at radius 2 is 1.86 bits per heavy atom. The van der Waals surface area contributed by atoms with Gasteiger partial charge < -0.3 is 28.8 Å². The Bertz CT molecular complexity index is 1670. The zero-order valence-electron chi connectivity index (χ0n) is 29.1. The number of rotatable bonds is 17. The number of carbonyl (C=O) groups excluding carboxylic acids is 1. The van der Waals surface area contributed by atoms with Crippen LogP contribution in [0.3, 0.4) is 0 Å². The summed E-state index contributed by atoms with van der Waals surface area (Å²) in [6, 6.07) is 17.2. The van der Waals surface area contributed by atoms with Gasteiger partial charge in [0, 0.05) is 54.8 Å². The zero-order chi connectivity index (χ0) is 34.6. The van der Waals surface area contributed by atoms with Crippen molar-refractivity contribution in [1.82, 2.24) is 19.7 Å². The molecule has 5 rings (SSSR count). The highest BCUT2D eigenvalue weighted by Crippen LogP contribution is 2.31. The standard InChI is InChI=1S/C38H48N6O4S/c1-5-7-19-47-20-21-48-34-12-8-30(9-13-34)32-23-31(37(39-24-32)43-18-16-28(3)25-43)22-29(4)38(45)41-33-10-14-35(15-11-33)49(46)26-36-42-40-27-44(36)17-6-2/h8-15,22-24,27-28H,5-7,16-21,25-26H2,1-4H3,(H,41,45). The molecule has 1 saturated heterocycles. The average Bonchev–Trinajstić information content (AvgIpc) is 3.75. The molecule has 1 aliphatic rings. The summed E-state index contributed by atoms with van der Waals surface area (Å²) in [6.45, 7) is 12.8. The van der Waals surface area contributed by atoms with E-state index in [0.29, 0.717) is 41.1 Å². The van der Waals surface area contributed by atoms with Crippen LogP contribution >= 0.6 is 0 Å². The molecule has 0 radical (unpaired) electrons. The van der Waals surface area contributed by atoms with Gasteiger partial charge in [0.2, 0.25) is 0 Å². The van der Waals surface area contributed by atoms with E-state index in [1.165, 1.54) is 0 Å². The van der Waals surface area contributed by atoms with Gasteiger partial charge in [0.25, 0.3) is 5.91 Å².